The van der Waals surface area contributed by atoms with E-state index in [0.29, 0.717) is 0 Å². The summed E-state index contributed by atoms with van der Waals surface area (Å²) in [7, 11) is 0. The fraction of sp³-hybridized carbons (Fsp3) is 0.100. The van der Waals surface area contributed by atoms with Crippen LogP contribution in [0.1, 0.15) is 5.56 Å². The van der Waals surface area contributed by atoms with Crippen molar-refractivity contribution in [2.45, 2.75) is 5.00 Å². The van der Waals surface area contributed by atoms with Gasteiger partial charge in [0.25, 0.3) is 0 Å². The molecule has 1 aromatic heterocycles. The maximum Gasteiger partial charge on any atom is 0.157 e. The average Bonchev–Trinajstić information content (AvgIpc) is 2.20. The summed E-state index contributed by atoms with van der Waals surface area (Å²) in [5, 5.41) is 3.08. The number of pyridine rings is 1. The van der Waals surface area contributed by atoms with E-state index in [2.05, 4.69) is 10.3 Å². The predicted octanol–water partition coefficient (Wildman–Crippen LogP) is 2.15. The highest BCUT2D eigenvalue weighted by molar-refractivity contribution is 6.25. The second kappa shape index (κ2) is 3.23. The molecule has 0 spiro atoms. The Morgan fingerprint density at radius 1 is 1.23 bits per heavy atom. The minimum atomic E-state index is -0.613. The summed E-state index contributed by atoms with van der Waals surface area (Å²) in [6.07, 6.45) is 11.0. The van der Waals surface area contributed by atoms with Crippen LogP contribution in [0.5, 0.6) is 0 Å². The third-order valence-electron chi connectivity index (χ3n) is 1.93. The van der Waals surface area contributed by atoms with E-state index in [0.717, 1.165) is 5.56 Å². The summed E-state index contributed by atoms with van der Waals surface area (Å²) in [5.41, 5.74) is 0.991. The molecule has 1 aliphatic heterocycles. The van der Waals surface area contributed by atoms with E-state index in [1.165, 1.54) is 0 Å². The third kappa shape index (κ3) is 1.58. The number of dihydropyridines is 1. The first-order valence-corrected chi connectivity index (χ1v) is 4.40. The van der Waals surface area contributed by atoms with Crippen molar-refractivity contribution < 1.29 is 0 Å². The lowest BCUT2D eigenvalue weighted by Crippen LogP contribution is -2.32. The zero-order valence-corrected chi connectivity index (χ0v) is 7.70. The number of nitrogens with one attached hydrogen (secondary N) is 1. The molecule has 0 aliphatic carbocycles. The lowest BCUT2D eigenvalue weighted by atomic mass is 10.1. The van der Waals surface area contributed by atoms with Crippen molar-refractivity contribution in [1.29, 1.82) is 0 Å². The molecule has 2 heterocycles. The summed E-state index contributed by atoms with van der Waals surface area (Å²) in [5.74, 6) is 0. The van der Waals surface area contributed by atoms with Gasteiger partial charge in [0.1, 0.15) is 0 Å². The molecule has 66 valence electrons. The molecule has 0 amide bonds. The first-order chi connectivity index (χ1) is 6.31. The number of alkyl halides is 1. The molecule has 0 bridgehead atoms. The van der Waals surface area contributed by atoms with Gasteiger partial charge in [-0.05, 0) is 36.0 Å². The Morgan fingerprint density at radius 3 is 2.62 bits per heavy atom. The zero-order valence-electron chi connectivity index (χ0n) is 6.94. The molecule has 1 unspecified atom stereocenters. The fourth-order valence-corrected chi connectivity index (χ4v) is 1.50. The number of rotatable bonds is 1. The van der Waals surface area contributed by atoms with Gasteiger partial charge in [0.05, 0.1) is 0 Å². The smallest absolute Gasteiger partial charge is 0.157 e. The van der Waals surface area contributed by atoms with Crippen LogP contribution in [0.15, 0.2) is 49.0 Å². The second-order valence-corrected chi connectivity index (χ2v) is 3.41. The van der Waals surface area contributed by atoms with Crippen LogP contribution in [0.2, 0.25) is 0 Å². The molecule has 1 aliphatic rings. The van der Waals surface area contributed by atoms with Gasteiger partial charge in [-0.1, -0.05) is 17.7 Å². The molecule has 0 saturated heterocycles. The average molecular weight is 193 g/mol. The van der Waals surface area contributed by atoms with Crippen LogP contribution < -0.4 is 5.32 Å². The number of hydrogen-bond donors (Lipinski definition) is 1. The first-order valence-electron chi connectivity index (χ1n) is 4.03. The molecule has 0 radical (unpaired) electrons. The highest BCUT2D eigenvalue weighted by Gasteiger charge is 2.25. The largest absolute Gasteiger partial charge is 0.366 e. The number of allylic oxidation sites excluding steroid dienone is 2. The third-order valence-corrected chi connectivity index (χ3v) is 2.38. The van der Waals surface area contributed by atoms with Crippen LogP contribution in [0, 0.1) is 0 Å². The lowest BCUT2D eigenvalue weighted by molar-refractivity contribution is 0.665. The molecular formula is C10H9ClN2. The van der Waals surface area contributed by atoms with E-state index >= 15 is 0 Å². The van der Waals surface area contributed by atoms with Crippen LogP contribution >= 0.6 is 11.6 Å². The molecule has 0 aromatic carbocycles. The minimum absolute atomic E-state index is 0.613. The van der Waals surface area contributed by atoms with Gasteiger partial charge in [-0.2, -0.15) is 0 Å². The molecule has 13 heavy (non-hydrogen) atoms. The Labute approximate surface area is 81.9 Å². The number of hydrogen-bond acceptors (Lipinski definition) is 2. The Morgan fingerprint density at radius 2 is 2.00 bits per heavy atom. The van der Waals surface area contributed by atoms with Gasteiger partial charge in [0.15, 0.2) is 5.00 Å². The number of aromatic nitrogens is 1. The highest BCUT2D eigenvalue weighted by Crippen LogP contribution is 2.28. The summed E-state index contributed by atoms with van der Waals surface area (Å²) < 4.78 is 0. The topological polar surface area (TPSA) is 24.9 Å². The van der Waals surface area contributed by atoms with Crippen LogP contribution in [-0.4, -0.2) is 4.98 Å². The van der Waals surface area contributed by atoms with E-state index in [1.54, 1.807) is 12.4 Å². The van der Waals surface area contributed by atoms with E-state index in [9.17, 15) is 0 Å². The Hall–Kier alpha value is -1.28. The van der Waals surface area contributed by atoms with Crippen molar-refractivity contribution >= 4 is 11.6 Å². The Bertz CT molecular complexity index is 345. The zero-order chi connectivity index (χ0) is 9.15. The van der Waals surface area contributed by atoms with Gasteiger partial charge in [-0.15, -0.1) is 0 Å². The van der Waals surface area contributed by atoms with E-state index in [4.69, 9.17) is 11.6 Å². The Balaban J connectivity index is 2.35. The molecular weight excluding hydrogens is 184 g/mol. The van der Waals surface area contributed by atoms with Gasteiger partial charge < -0.3 is 5.32 Å². The van der Waals surface area contributed by atoms with E-state index in [1.807, 2.05) is 36.6 Å². The van der Waals surface area contributed by atoms with Crippen LogP contribution in [0.25, 0.3) is 0 Å². The maximum absolute atomic E-state index is 6.32. The molecule has 1 N–H and O–H groups in total. The second-order valence-electron chi connectivity index (χ2n) is 2.81. The molecule has 0 saturated carbocycles. The molecule has 3 heteroatoms. The SMILES string of the molecule is ClC1(c2ccncc2)C=CC=CN1. The lowest BCUT2D eigenvalue weighted by Gasteiger charge is -2.26. The van der Waals surface area contributed by atoms with Crippen LogP contribution in [0.3, 0.4) is 0 Å². The van der Waals surface area contributed by atoms with Gasteiger partial charge in [-0.3, -0.25) is 4.98 Å². The van der Waals surface area contributed by atoms with Gasteiger partial charge in [0.2, 0.25) is 0 Å². The Kier molecular flexibility index (Phi) is 2.07. The standard InChI is InChI=1S/C10H9ClN2/c11-10(5-1-2-6-13-10)9-3-7-12-8-4-9/h1-8,13H. The summed E-state index contributed by atoms with van der Waals surface area (Å²) >= 11 is 6.32. The normalized spacial score (nSPS) is 25.6. The van der Waals surface area contributed by atoms with Crippen LogP contribution in [-0.2, 0) is 5.00 Å². The fourth-order valence-electron chi connectivity index (χ4n) is 1.24. The van der Waals surface area contributed by atoms with Crippen molar-refractivity contribution in [2.24, 2.45) is 0 Å². The summed E-state index contributed by atoms with van der Waals surface area (Å²) in [4.78, 5) is 3.33. The minimum Gasteiger partial charge on any atom is -0.366 e. The van der Waals surface area contributed by atoms with Crippen molar-refractivity contribution in [2.75, 3.05) is 0 Å². The van der Waals surface area contributed by atoms with Gasteiger partial charge in [-0.25, -0.2) is 0 Å². The van der Waals surface area contributed by atoms with Crippen molar-refractivity contribution in [3.05, 3.63) is 54.5 Å². The van der Waals surface area contributed by atoms with Gasteiger partial charge in [0, 0.05) is 12.4 Å². The quantitative estimate of drug-likeness (QED) is 0.545. The van der Waals surface area contributed by atoms with Crippen molar-refractivity contribution in [3.63, 3.8) is 0 Å². The monoisotopic (exact) mass is 192 g/mol. The maximum atomic E-state index is 6.32. The number of nitrogens with zero attached hydrogens (tertiary/aromatic N) is 1. The van der Waals surface area contributed by atoms with Crippen molar-refractivity contribution in [3.8, 4) is 0 Å². The highest BCUT2D eigenvalue weighted by atomic mass is 35.5. The first kappa shape index (κ1) is 8.32. The number of halogens is 1. The molecule has 2 rings (SSSR count). The van der Waals surface area contributed by atoms with Gasteiger partial charge >= 0.3 is 0 Å². The summed E-state index contributed by atoms with van der Waals surface area (Å²) in [6, 6.07) is 3.78. The molecule has 0 fully saturated rings. The van der Waals surface area contributed by atoms with E-state index < -0.39 is 5.00 Å². The predicted molar refractivity (Wildman–Crippen MR) is 53.2 cm³/mol. The van der Waals surface area contributed by atoms with E-state index in [-0.39, 0.29) is 0 Å². The molecule has 1 aromatic rings. The van der Waals surface area contributed by atoms with Crippen molar-refractivity contribution in [1.82, 2.24) is 10.3 Å². The summed E-state index contributed by atoms with van der Waals surface area (Å²) in [6.45, 7) is 0. The molecule has 1 atom stereocenters. The molecule has 2 nitrogen and oxygen atoms in total. The van der Waals surface area contributed by atoms with Crippen LogP contribution in [0.4, 0.5) is 0 Å².